The molecule has 0 bridgehead atoms. The van der Waals surface area contributed by atoms with Gasteiger partial charge < -0.3 is 19.5 Å². The number of pyridine rings is 1. The van der Waals surface area contributed by atoms with Crippen molar-refractivity contribution < 1.29 is 9.59 Å². The van der Waals surface area contributed by atoms with Crippen molar-refractivity contribution in [3.63, 3.8) is 0 Å². The van der Waals surface area contributed by atoms with Crippen LogP contribution in [0.1, 0.15) is 61.4 Å². The van der Waals surface area contributed by atoms with Gasteiger partial charge in [-0.15, -0.1) is 0 Å². The number of likely N-dealkylation sites (tertiary alicyclic amines) is 1. The normalized spacial score (nSPS) is 16.7. The van der Waals surface area contributed by atoms with Crippen LogP contribution in [0.2, 0.25) is 0 Å². The molecule has 1 unspecified atom stereocenters. The van der Waals surface area contributed by atoms with Crippen LogP contribution >= 0.6 is 0 Å². The van der Waals surface area contributed by atoms with Crippen LogP contribution in [0.5, 0.6) is 0 Å². The lowest BCUT2D eigenvalue weighted by Gasteiger charge is -2.27. The quantitative estimate of drug-likeness (QED) is 0.794. The van der Waals surface area contributed by atoms with Crippen molar-refractivity contribution in [1.29, 1.82) is 0 Å². The van der Waals surface area contributed by atoms with Crippen molar-refractivity contribution in [2.75, 3.05) is 27.2 Å². The molecule has 1 aliphatic rings. The Kier molecular flexibility index (Phi) is 5.98. The van der Waals surface area contributed by atoms with Gasteiger partial charge in [0.15, 0.2) is 5.69 Å². The topological polar surface area (TPSA) is 70.0 Å². The van der Waals surface area contributed by atoms with Gasteiger partial charge >= 0.3 is 6.03 Å². The molecule has 3 rings (SSSR count). The molecule has 1 fully saturated rings. The Morgan fingerprint density at radius 2 is 2.11 bits per heavy atom. The zero-order valence-electron chi connectivity index (χ0n) is 16.4. The largest absolute Gasteiger partial charge is 0.351 e. The van der Waals surface area contributed by atoms with Crippen LogP contribution in [0.25, 0.3) is 5.52 Å². The summed E-state index contributed by atoms with van der Waals surface area (Å²) in [5.74, 6) is 0.613. The number of nitrogens with zero attached hydrogens (tertiary/aromatic N) is 4. The maximum atomic E-state index is 12.7. The van der Waals surface area contributed by atoms with E-state index in [4.69, 9.17) is 4.98 Å². The number of rotatable bonds is 6. The third kappa shape index (κ3) is 3.91. The molecule has 0 spiro atoms. The number of urea groups is 1. The molecule has 2 aromatic rings. The third-order valence-electron chi connectivity index (χ3n) is 5.04. The fraction of sp³-hybridized carbons (Fsp3) is 0.550. The van der Waals surface area contributed by atoms with Gasteiger partial charge in [-0.25, -0.2) is 9.78 Å². The number of hydrogen-bond acceptors (Lipinski definition) is 3. The van der Waals surface area contributed by atoms with Gasteiger partial charge in [0.2, 0.25) is 0 Å². The second kappa shape index (κ2) is 8.41. The average Bonchev–Trinajstić information content (AvgIpc) is 3.28. The minimum atomic E-state index is -0.149. The fourth-order valence-corrected chi connectivity index (χ4v) is 3.65. The molecule has 3 amide bonds. The summed E-state index contributed by atoms with van der Waals surface area (Å²) < 4.78 is 1.95. The van der Waals surface area contributed by atoms with Gasteiger partial charge in [-0.2, -0.15) is 0 Å². The Morgan fingerprint density at radius 1 is 1.30 bits per heavy atom. The molecule has 0 aromatic carbocycles. The Morgan fingerprint density at radius 3 is 2.85 bits per heavy atom. The van der Waals surface area contributed by atoms with Crippen molar-refractivity contribution in [1.82, 2.24) is 24.5 Å². The van der Waals surface area contributed by atoms with E-state index in [0.717, 1.165) is 43.4 Å². The van der Waals surface area contributed by atoms with Gasteiger partial charge in [-0.1, -0.05) is 25.8 Å². The zero-order chi connectivity index (χ0) is 19.4. The van der Waals surface area contributed by atoms with E-state index < -0.39 is 0 Å². The van der Waals surface area contributed by atoms with Gasteiger partial charge in [0.25, 0.3) is 5.91 Å². The monoisotopic (exact) mass is 371 g/mol. The van der Waals surface area contributed by atoms with E-state index in [1.54, 1.807) is 19.0 Å². The number of amides is 3. The number of imidazole rings is 1. The zero-order valence-corrected chi connectivity index (χ0v) is 16.4. The highest BCUT2D eigenvalue weighted by Crippen LogP contribution is 2.33. The van der Waals surface area contributed by atoms with Gasteiger partial charge in [-0.05, 0) is 31.4 Å². The van der Waals surface area contributed by atoms with E-state index in [-0.39, 0.29) is 18.0 Å². The van der Waals surface area contributed by atoms with Gasteiger partial charge in [0.05, 0.1) is 11.6 Å². The lowest BCUT2D eigenvalue weighted by Crippen LogP contribution is -2.39. The van der Waals surface area contributed by atoms with E-state index in [1.165, 1.54) is 0 Å². The van der Waals surface area contributed by atoms with E-state index in [9.17, 15) is 9.59 Å². The van der Waals surface area contributed by atoms with Crippen molar-refractivity contribution in [2.24, 2.45) is 0 Å². The number of fused-ring (bicyclic) bond motifs is 1. The number of carbonyl (C=O) groups is 2. The highest BCUT2D eigenvalue weighted by molar-refractivity contribution is 5.99. The predicted molar refractivity (Wildman–Crippen MR) is 105 cm³/mol. The summed E-state index contributed by atoms with van der Waals surface area (Å²) in [6.07, 6.45) is 6.89. The third-order valence-corrected chi connectivity index (χ3v) is 5.04. The number of carbonyl (C=O) groups excluding carboxylic acids is 2. The van der Waals surface area contributed by atoms with Gasteiger partial charge in [-0.3, -0.25) is 4.79 Å². The highest BCUT2D eigenvalue weighted by Gasteiger charge is 2.34. The number of aromatic nitrogens is 2. The molecule has 1 saturated heterocycles. The number of unbranched alkanes of at least 4 members (excludes halogenated alkanes) is 2. The van der Waals surface area contributed by atoms with Crippen molar-refractivity contribution in [3.8, 4) is 0 Å². The maximum absolute atomic E-state index is 12.7. The Hall–Kier alpha value is -2.57. The first kappa shape index (κ1) is 19.2. The maximum Gasteiger partial charge on any atom is 0.320 e. The molecule has 2 aromatic heterocycles. The summed E-state index contributed by atoms with van der Waals surface area (Å²) in [5, 5.41) is 2.98. The van der Waals surface area contributed by atoms with Crippen LogP contribution in [0.3, 0.4) is 0 Å². The minimum Gasteiger partial charge on any atom is -0.351 e. The number of hydrogen-bond donors (Lipinski definition) is 1. The van der Waals surface area contributed by atoms with Crippen LogP contribution in [0.4, 0.5) is 4.79 Å². The van der Waals surface area contributed by atoms with E-state index in [1.807, 2.05) is 33.7 Å². The van der Waals surface area contributed by atoms with Crippen LogP contribution in [-0.2, 0) is 0 Å². The van der Waals surface area contributed by atoms with Crippen LogP contribution < -0.4 is 5.32 Å². The highest BCUT2D eigenvalue weighted by atomic mass is 16.2. The summed E-state index contributed by atoms with van der Waals surface area (Å²) in [5.41, 5.74) is 1.22. The number of nitrogens with one attached hydrogen (secondary N) is 1. The van der Waals surface area contributed by atoms with Crippen LogP contribution in [0, 0.1) is 0 Å². The van der Waals surface area contributed by atoms with E-state index in [2.05, 4.69) is 12.2 Å². The summed E-state index contributed by atoms with van der Waals surface area (Å²) >= 11 is 0. The van der Waals surface area contributed by atoms with Crippen molar-refractivity contribution >= 4 is 17.5 Å². The SMILES string of the molecule is CCCCCNC(=O)c1nc(C2CCCN2C(=O)N(C)C)n2ccccc12. The molecule has 0 saturated carbocycles. The van der Waals surface area contributed by atoms with E-state index in [0.29, 0.717) is 18.8 Å². The summed E-state index contributed by atoms with van der Waals surface area (Å²) in [4.78, 5) is 33.4. The minimum absolute atomic E-state index is 0.0178. The molecule has 0 aliphatic carbocycles. The van der Waals surface area contributed by atoms with Crippen molar-refractivity contribution in [2.45, 2.75) is 45.1 Å². The van der Waals surface area contributed by atoms with Crippen molar-refractivity contribution in [3.05, 3.63) is 35.9 Å². The summed E-state index contributed by atoms with van der Waals surface area (Å²) in [7, 11) is 3.52. The summed E-state index contributed by atoms with van der Waals surface area (Å²) in [6.45, 7) is 3.50. The molecule has 1 atom stereocenters. The molecule has 3 heterocycles. The predicted octanol–water partition coefficient (Wildman–Crippen LogP) is 3.07. The summed E-state index contributed by atoms with van der Waals surface area (Å²) in [6, 6.07) is 5.61. The lowest BCUT2D eigenvalue weighted by atomic mass is 10.2. The fourth-order valence-electron chi connectivity index (χ4n) is 3.65. The molecule has 1 N–H and O–H groups in total. The molecule has 0 radical (unpaired) electrons. The molecule has 1 aliphatic heterocycles. The first-order valence-corrected chi connectivity index (χ1v) is 9.77. The second-order valence-corrected chi connectivity index (χ2v) is 7.27. The molecule has 27 heavy (non-hydrogen) atoms. The molecular weight excluding hydrogens is 342 g/mol. The Balaban J connectivity index is 1.90. The van der Waals surface area contributed by atoms with Gasteiger partial charge in [0.1, 0.15) is 5.82 Å². The molecule has 146 valence electrons. The van der Waals surface area contributed by atoms with Crippen LogP contribution in [0.15, 0.2) is 24.4 Å². The smallest absolute Gasteiger partial charge is 0.320 e. The lowest BCUT2D eigenvalue weighted by molar-refractivity contribution is 0.0950. The van der Waals surface area contributed by atoms with Gasteiger partial charge in [0, 0.05) is 33.4 Å². The van der Waals surface area contributed by atoms with E-state index >= 15 is 0 Å². The first-order valence-electron chi connectivity index (χ1n) is 9.77. The Labute approximate surface area is 160 Å². The standard InChI is InChI=1S/C20H29N5O2/c1-4-5-7-12-21-19(26)17-15-10-6-8-13-24(15)18(22-17)16-11-9-14-25(16)20(27)23(2)3/h6,8,10,13,16H,4-5,7,9,11-12,14H2,1-3H3,(H,21,26). The molecule has 7 heteroatoms. The first-order chi connectivity index (χ1) is 13.0. The molecular formula is C20H29N5O2. The average molecular weight is 371 g/mol. The molecule has 7 nitrogen and oxygen atoms in total. The second-order valence-electron chi connectivity index (χ2n) is 7.27. The Bertz CT molecular complexity index is 814. The van der Waals surface area contributed by atoms with Crippen LogP contribution in [-0.4, -0.2) is 58.3 Å².